The maximum Gasteiger partial charge on any atom is 0.259 e. The zero-order valence-corrected chi connectivity index (χ0v) is 13.4. The highest BCUT2D eigenvalue weighted by molar-refractivity contribution is 8.05. The first-order chi connectivity index (χ1) is 11.1. The van der Waals surface area contributed by atoms with Gasteiger partial charge in [0.25, 0.3) is 11.8 Å². The Morgan fingerprint density at radius 3 is 2.48 bits per heavy atom. The number of halogens is 1. The Balaban J connectivity index is 1.74. The van der Waals surface area contributed by atoms with E-state index in [1.54, 1.807) is 12.1 Å². The summed E-state index contributed by atoms with van der Waals surface area (Å²) in [5.41, 5.74) is 2.89. The molecule has 2 aliphatic heterocycles. The van der Waals surface area contributed by atoms with E-state index in [1.807, 2.05) is 36.4 Å². The fourth-order valence-electron chi connectivity index (χ4n) is 2.69. The number of amides is 2. The largest absolute Gasteiger partial charge is 0.335 e. The van der Waals surface area contributed by atoms with E-state index in [2.05, 4.69) is 10.6 Å². The van der Waals surface area contributed by atoms with Gasteiger partial charge in [-0.15, -0.1) is 0 Å². The van der Waals surface area contributed by atoms with Gasteiger partial charge in [-0.3, -0.25) is 9.59 Å². The fraction of sp³-hybridized carbons (Fsp3) is 0.0588. The van der Waals surface area contributed by atoms with Gasteiger partial charge >= 0.3 is 0 Å². The van der Waals surface area contributed by atoms with Crippen LogP contribution in [0.4, 0.5) is 5.69 Å². The van der Waals surface area contributed by atoms with Gasteiger partial charge in [-0.2, -0.15) is 0 Å². The molecule has 2 aliphatic rings. The molecule has 6 heteroatoms. The second kappa shape index (κ2) is 5.44. The molecule has 2 aromatic carbocycles. The van der Waals surface area contributed by atoms with Gasteiger partial charge in [-0.25, -0.2) is 0 Å². The summed E-state index contributed by atoms with van der Waals surface area (Å²) in [5.74, 6) is -0.461. The lowest BCUT2D eigenvalue weighted by molar-refractivity contribution is -0.117. The van der Waals surface area contributed by atoms with Crippen LogP contribution in [0.15, 0.2) is 53.4 Å². The van der Waals surface area contributed by atoms with Crippen molar-refractivity contribution in [1.29, 1.82) is 0 Å². The van der Waals surface area contributed by atoms with Crippen LogP contribution in [0.5, 0.6) is 0 Å². The monoisotopic (exact) mass is 342 g/mol. The van der Waals surface area contributed by atoms with E-state index in [0.29, 0.717) is 15.5 Å². The predicted molar refractivity (Wildman–Crippen MR) is 91.9 cm³/mol. The molecule has 2 N–H and O–H groups in total. The lowest BCUT2D eigenvalue weighted by atomic mass is 10.1. The van der Waals surface area contributed by atoms with Gasteiger partial charge in [-0.1, -0.05) is 53.7 Å². The van der Waals surface area contributed by atoms with Gasteiger partial charge in [-0.05, 0) is 23.8 Å². The van der Waals surface area contributed by atoms with Gasteiger partial charge in [0.15, 0.2) is 0 Å². The first kappa shape index (κ1) is 14.4. The van der Waals surface area contributed by atoms with Crippen molar-refractivity contribution in [1.82, 2.24) is 5.32 Å². The van der Waals surface area contributed by atoms with Gasteiger partial charge in [0.1, 0.15) is 5.37 Å². The fourth-order valence-corrected chi connectivity index (χ4v) is 4.00. The lowest BCUT2D eigenvalue weighted by Gasteiger charge is -2.08. The van der Waals surface area contributed by atoms with Gasteiger partial charge in [0.05, 0.1) is 10.5 Å². The standard InChI is InChI=1S/C17H11ClN2O2S/c18-10-7-5-9(6-8-10)17-20-16(22)14(23-17)13-11-3-1-2-4-12(11)19-15(13)21/h1-8,17H,(H,19,21)(H,20,22). The van der Waals surface area contributed by atoms with Crippen molar-refractivity contribution in [2.24, 2.45) is 0 Å². The predicted octanol–water partition coefficient (Wildman–Crippen LogP) is 3.57. The van der Waals surface area contributed by atoms with E-state index in [1.165, 1.54) is 11.8 Å². The molecule has 1 saturated heterocycles. The number of benzene rings is 2. The number of carbonyl (C=O) groups excluding carboxylic acids is 2. The summed E-state index contributed by atoms with van der Waals surface area (Å²) < 4.78 is 0. The minimum atomic E-state index is -0.236. The Hall–Kier alpha value is -2.24. The Bertz CT molecular complexity index is 861. The topological polar surface area (TPSA) is 58.2 Å². The van der Waals surface area contributed by atoms with E-state index < -0.39 is 0 Å². The normalized spacial score (nSPS) is 22.7. The number of para-hydroxylation sites is 1. The summed E-state index contributed by atoms with van der Waals surface area (Å²) in [5, 5.41) is 6.14. The van der Waals surface area contributed by atoms with Crippen LogP contribution in [-0.4, -0.2) is 11.8 Å². The Morgan fingerprint density at radius 2 is 1.70 bits per heavy atom. The number of fused-ring (bicyclic) bond motifs is 1. The van der Waals surface area contributed by atoms with Crippen LogP contribution in [0.2, 0.25) is 5.02 Å². The van der Waals surface area contributed by atoms with Gasteiger partial charge < -0.3 is 10.6 Å². The Labute approximate surface area is 141 Å². The minimum absolute atomic E-state index is 0.220. The number of carbonyl (C=O) groups is 2. The molecule has 1 fully saturated rings. The molecule has 23 heavy (non-hydrogen) atoms. The summed E-state index contributed by atoms with van der Waals surface area (Å²) >= 11 is 7.26. The molecule has 0 saturated carbocycles. The van der Waals surface area contributed by atoms with Crippen molar-refractivity contribution >= 4 is 46.4 Å². The van der Waals surface area contributed by atoms with Crippen LogP contribution in [0.3, 0.4) is 0 Å². The number of thioether (sulfide) groups is 1. The Morgan fingerprint density at radius 1 is 0.957 bits per heavy atom. The molecule has 0 bridgehead atoms. The second-order valence-corrected chi connectivity index (χ2v) is 6.78. The molecule has 4 nitrogen and oxygen atoms in total. The SMILES string of the molecule is O=C1NC(c2ccc(Cl)cc2)SC1=C1C(=O)Nc2ccccc21. The maximum atomic E-state index is 12.4. The van der Waals surface area contributed by atoms with Crippen LogP contribution in [-0.2, 0) is 9.59 Å². The van der Waals surface area contributed by atoms with Crippen molar-refractivity contribution in [3.63, 3.8) is 0 Å². The van der Waals surface area contributed by atoms with Crippen LogP contribution < -0.4 is 10.6 Å². The van der Waals surface area contributed by atoms with Crippen LogP contribution in [0.1, 0.15) is 16.5 Å². The Kier molecular flexibility index (Phi) is 3.39. The van der Waals surface area contributed by atoms with Gasteiger partial charge in [0.2, 0.25) is 0 Å². The maximum absolute atomic E-state index is 12.4. The highest BCUT2D eigenvalue weighted by Crippen LogP contribution is 2.45. The summed E-state index contributed by atoms with van der Waals surface area (Å²) in [7, 11) is 0. The molecule has 2 heterocycles. The van der Waals surface area contributed by atoms with E-state index in [9.17, 15) is 9.59 Å². The molecule has 114 valence electrons. The molecule has 0 spiro atoms. The quantitative estimate of drug-likeness (QED) is 0.779. The third-order valence-corrected chi connectivity index (χ3v) is 5.28. The van der Waals surface area contributed by atoms with Crippen molar-refractivity contribution in [3.8, 4) is 0 Å². The summed E-state index contributed by atoms with van der Waals surface area (Å²) in [4.78, 5) is 25.1. The van der Waals surface area contributed by atoms with Crippen molar-refractivity contribution in [3.05, 3.63) is 69.6 Å². The number of hydrogen-bond acceptors (Lipinski definition) is 3. The zero-order valence-electron chi connectivity index (χ0n) is 11.8. The van der Waals surface area contributed by atoms with Crippen LogP contribution in [0.25, 0.3) is 5.57 Å². The van der Waals surface area contributed by atoms with E-state index >= 15 is 0 Å². The molecule has 1 atom stereocenters. The highest BCUT2D eigenvalue weighted by Gasteiger charge is 2.36. The average Bonchev–Trinajstić information content (AvgIpc) is 3.07. The van der Waals surface area contributed by atoms with Crippen molar-refractivity contribution in [2.45, 2.75) is 5.37 Å². The second-order valence-electron chi connectivity index (χ2n) is 5.23. The summed E-state index contributed by atoms with van der Waals surface area (Å²) in [6.07, 6.45) is 0. The average molecular weight is 343 g/mol. The summed E-state index contributed by atoms with van der Waals surface area (Å²) in [6, 6.07) is 14.7. The lowest BCUT2D eigenvalue weighted by Crippen LogP contribution is -2.19. The van der Waals surface area contributed by atoms with E-state index in [4.69, 9.17) is 11.6 Å². The molecular weight excluding hydrogens is 332 g/mol. The molecule has 1 unspecified atom stereocenters. The number of rotatable bonds is 1. The summed E-state index contributed by atoms with van der Waals surface area (Å²) in [6.45, 7) is 0. The first-order valence-corrected chi connectivity index (χ1v) is 8.27. The molecular formula is C17H11ClN2O2S. The molecule has 0 aliphatic carbocycles. The van der Waals surface area contributed by atoms with Crippen LogP contribution >= 0.6 is 23.4 Å². The number of hydrogen-bond donors (Lipinski definition) is 2. The minimum Gasteiger partial charge on any atom is -0.335 e. The zero-order chi connectivity index (χ0) is 16.0. The van der Waals surface area contributed by atoms with E-state index in [-0.39, 0.29) is 17.2 Å². The number of nitrogens with one attached hydrogen (secondary N) is 2. The molecule has 2 amide bonds. The number of anilines is 1. The smallest absolute Gasteiger partial charge is 0.259 e. The molecule has 2 aromatic rings. The molecule has 0 aromatic heterocycles. The van der Waals surface area contributed by atoms with E-state index in [0.717, 1.165) is 16.8 Å². The van der Waals surface area contributed by atoms with Gasteiger partial charge in [0, 0.05) is 16.3 Å². The molecule has 0 radical (unpaired) electrons. The van der Waals surface area contributed by atoms with Crippen molar-refractivity contribution in [2.75, 3.05) is 5.32 Å². The highest BCUT2D eigenvalue weighted by atomic mass is 35.5. The van der Waals surface area contributed by atoms with Crippen LogP contribution in [0, 0.1) is 0 Å². The first-order valence-electron chi connectivity index (χ1n) is 7.01. The van der Waals surface area contributed by atoms with Crippen molar-refractivity contribution < 1.29 is 9.59 Å². The molecule has 4 rings (SSSR count). The third-order valence-electron chi connectivity index (χ3n) is 3.78. The third kappa shape index (κ3) is 2.42.